The van der Waals surface area contributed by atoms with E-state index in [2.05, 4.69) is 31.9 Å². The Labute approximate surface area is 197 Å². The molecule has 1 N–H and O–H groups in total. The minimum Gasteiger partial charge on any atom is -0.381 e. The van der Waals surface area contributed by atoms with Gasteiger partial charge in [0.05, 0.1) is 38.8 Å². The molecule has 0 aromatic carbocycles. The second-order valence-corrected chi connectivity index (χ2v) is 10.2. The van der Waals surface area contributed by atoms with Crippen molar-refractivity contribution >= 4 is 47.2 Å². The van der Waals surface area contributed by atoms with Gasteiger partial charge in [-0.25, -0.2) is 9.97 Å². The standard InChI is InChI=1S/C23H29N5O2S2/c1-14-22(32-15(2)27-14)20(24-3)12-31-13-26-21-8-5-16(11-25-21)23(29)28-17-6-7-18(28)10-19(9-17)30-4/h5,8,11-12,17-19H,3,6-7,9-10,13H2,1-2,4H3,(H,25,26)/b20-12-/t17-,18+,19?. The molecule has 0 aliphatic carbocycles. The molecule has 0 saturated carbocycles. The van der Waals surface area contributed by atoms with Crippen LogP contribution in [-0.2, 0) is 4.74 Å². The van der Waals surface area contributed by atoms with Crippen molar-refractivity contribution in [1.29, 1.82) is 0 Å². The average Bonchev–Trinajstić information content (AvgIpc) is 3.27. The van der Waals surface area contributed by atoms with E-state index < -0.39 is 0 Å². The molecule has 170 valence electrons. The Balaban J connectivity index is 1.32. The van der Waals surface area contributed by atoms with Crippen molar-refractivity contribution in [3.8, 4) is 0 Å². The summed E-state index contributed by atoms with van der Waals surface area (Å²) in [6, 6.07) is 4.29. The van der Waals surface area contributed by atoms with Gasteiger partial charge < -0.3 is 15.0 Å². The van der Waals surface area contributed by atoms with Crippen LogP contribution in [0, 0.1) is 13.8 Å². The summed E-state index contributed by atoms with van der Waals surface area (Å²) in [5.74, 6) is 1.45. The third-order valence-corrected chi connectivity index (χ3v) is 7.90. The first kappa shape index (κ1) is 22.9. The van der Waals surface area contributed by atoms with Gasteiger partial charge in [-0.1, -0.05) is 0 Å². The monoisotopic (exact) mass is 471 g/mol. The minimum atomic E-state index is 0.0836. The summed E-state index contributed by atoms with van der Waals surface area (Å²) in [7, 11) is 1.77. The number of nitrogens with zero attached hydrogens (tertiary/aromatic N) is 4. The van der Waals surface area contributed by atoms with Gasteiger partial charge in [0.2, 0.25) is 0 Å². The van der Waals surface area contributed by atoms with Gasteiger partial charge in [-0.3, -0.25) is 9.79 Å². The van der Waals surface area contributed by atoms with Crippen molar-refractivity contribution < 1.29 is 9.53 Å². The lowest BCUT2D eigenvalue weighted by Crippen LogP contribution is -2.48. The number of carbonyl (C=O) groups is 1. The molecule has 2 aliphatic rings. The zero-order valence-electron chi connectivity index (χ0n) is 18.7. The van der Waals surface area contributed by atoms with Crippen molar-refractivity contribution in [3.63, 3.8) is 0 Å². The van der Waals surface area contributed by atoms with Crippen molar-refractivity contribution in [2.24, 2.45) is 4.99 Å². The van der Waals surface area contributed by atoms with E-state index in [1.54, 1.807) is 36.4 Å². The summed E-state index contributed by atoms with van der Waals surface area (Å²) < 4.78 is 5.55. The molecule has 2 aromatic rings. The molecule has 2 fully saturated rings. The lowest BCUT2D eigenvalue weighted by Gasteiger charge is -2.38. The third-order valence-electron chi connectivity index (χ3n) is 6.11. The van der Waals surface area contributed by atoms with Crippen molar-refractivity contribution in [2.75, 3.05) is 18.3 Å². The highest BCUT2D eigenvalue weighted by molar-refractivity contribution is 8.02. The second kappa shape index (κ2) is 10.1. The Morgan fingerprint density at radius 3 is 2.69 bits per heavy atom. The largest absolute Gasteiger partial charge is 0.381 e. The number of aryl methyl sites for hydroxylation is 2. The summed E-state index contributed by atoms with van der Waals surface area (Å²) in [5, 5.41) is 6.28. The minimum absolute atomic E-state index is 0.0836. The second-order valence-electron chi connectivity index (χ2n) is 8.16. The lowest BCUT2D eigenvalue weighted by atomic mass is 9.99. The number of methoxy groups -OCH3 is 1. The van der Waals surface area contributed by atoms with Crippen LogP contribution < -0.4 is 5.32 Å². The number of hydrogen-bond donors (Lipinski definition) is 1. The topological polar surface area (TPSA) is 79.7 Å². The first-order valence-corrected chi connectivity index (χ1v) is 12.6. The summed E-state index contributed by atoms with van der Waals surface area (Å²) >= 11 is 3.20. The average molecular weight is 472 g/mol. The van der Waals surface area contributed by atoms with Crippen LogP contribution in [0.1, 0.15) is 51.6 Å². The summed E-state index contributed by atoms with van der Waals surface area (Å²) in [6.07, 6.45) is 5.94. The molecule has 4 rings (SSSR count). The lowest BCUT2D eigenvalue weighted by molar-refractivity contribution is 0.00821. The van der Waals surface area contributed by atoms with Crippen LogP contribution in [0.15, 0.2) is 28.7 Å². The van der Waals surface area contributed by atoms with Gasteiger partial charge in [0.25, 0.3) is 5.91 Å². The molecule has 7 nitrogen and oxygen atoms in total. The number of piperidine rings is 1. The molecule has 0 radical (unpaired) electrons. The molecular formula is C23H29N5O2S2. The fraction of sp³-hybridized carbons (Fsp3) is 0.478. The number of amides is 1. The Kier molecular flexibility index (Phi) is 7.27. The van der Waals surface area contributed by atoms with E-state index >= 15 is 0 Å². The Bertz CT molecular complexity index is 990. The summed E-state index contributed by atoms with van der Waals surface area (Å²) in [4.78, 5) is 29.3. The highest BCUT2D eigenvalue weighted by atomic mass is 32.2. The van der Waals surface area contributed by atoms with E-state index in [1.165, 1.54) is 0 Å². The Morgan fingerprint density at radius 1 is 1.38 bits per heavy atom. The number of aromatic nitrogens is 2. The number of nitrogens with one attached hydrogen (secondary N) is 1. The molecule has 2 saturated heterocycles. The highest BCUT2D eigenvalue weighted by Gasteiger charge is 2.43. The number of anilines is 1. The molecule has 9 heteroatoms. The van der Waals surface area contributed by atoms with E-state index in [0.29, 0.717) is 11.4 Å². The normalized spacial score (nSPS) is 22.8. The number of pyridine rings is 1. The van der Waals surface area contributed by atoms with E-state index in [1.807, 2.05) is 31.4 Å². The summed E-state index contributed by atoms with van der Waals surface area (Å²) in [5.41, 5.74) is 2.45. The van der Waals surface area contributed by atoms with Crippen LogP contribution in [-0.4, -0.2) is 58.7 Å². The molecule has 0 spiro atoms. The fourth-order valence-corrected chi connectivity index (χ4v) is 6.23. The van der Waals surface area contributed by atoms with Crippen molar-refractivity contribution in [3.05, 3.63) is 44.9 Å². The Hall–Kier alpha value is -2.23. The fourth-order valence-electron chi connectivity index (χ4n) is 4.59. The van der Waals surface area contributed by atoms with Crippen LogP contribution in [0.2, 0.25) is 0 Å². The van der Waals surface area contributed by atoms with Crippen LogP contribution in [0.5, 0.6) is 0 Å². The van der Waals surface area contributed by atoms with E-state index in [-0.39, 0.29) is 24.1 Å². The van der Waals surface area contributed by atoms with Crippen molar-refractivity contribution in [2.45, 2.75) is 57.7 Å². The maximum Gasteiger partial charge on any atom is 0.255 e. The number of thiazole rings is 1. The van der Waals surface area contributed by atoms with Crippen LogP contribution in [0.4, 0.5) is 5.82 Å². The molecule has 32 heavy (non-hydrogen) atoms. The van der Waals surface area contributed by atoms with Gasteiger partial charge in [0, 0.05) is 25.4 Å². The molecule has 4 heterocycles. The predicted octanol–water partition coefficient (Wildman–Crippen LogP) is 4.74. The smallest absolute Gasteiger partial charge is 0.255 e. The molecule has 2 aromatic heterocycles. The maximum absolute atomic E-state index is 13.1. The van der Waals surface area contributed by atoms with Crippen LogP contribution in [0.3, 0.4) is 0 Å². The maximum atomic E-state index is 13.1. The predicted molar refractivity (Wildman–Crippen MR) is 132 cm³/mol. The van der Waals surface area contributed by atoms with Gasteiger partial charge in [-0.05, 0) is 63.8 Å². The number of rotatable bonds is 8. The number of hydrogen-bond acceptors (Lipinski definition) is 8. The van der Waals surface area contributed by atoms with Gasteiger partial charge in [0.15, 0.2) is 0 Å². The first-order valence-electron chi connectivity index (χ1n) is 10.8. The zero-order chi connectivity index (χ0) is 22.7. The van der Waals surface area contributed by atoms with Gasteiger partial charge >= 0.3 is 0 Å². The molecule has 2 bridgehead atoms. The quantitative estimate of drug-likeness (QED) is 0.340. The highest BCUT2D eigenvalue weighted by Crippen LogP contribution is 2.37. The van der Waals surface area contributed by atoms with Gasteiger partial charge in [-0.2, -0.15) is 0 Å². The number of carbonyl (C=O) groups excluding carboxylic acids is 1. The van der Waals surface area contributed by atoms with Crippen molar-refractivity contribution in [1.82, 2.24) is 14.9 Å². The zero-order valence-corrected chi connectivity index (χ0v) is 20.3. The van der Waals surface area contributed by atoms with Crippen LogP contribution in [0.25, 0.3) is 5.70 Å². The molecule has 1 amide bonds. The molecule has 3 atom stereocenters. The first-order chi connectivity index (χ1) is 15.5. The van der Waals surface area contributed by atoms with E-state index in [4.69, 9.17) is 4.74 Å². The SMILES string of the molecule is C=N/C(=C\SCNc1ccc(C(=O)N2[C@@H]3CC[C@H]2CC(OC)C3)cn1)c1sc(C)nc1C. The number of ether oxygens (including phenoxy) is 1. The summed E-state index contributed by atoms with van der Waals surface area (Å²) in [6.45, 7) is 7.66. The van der Waals surface area contributed by atoms with Gasteiger partial charge in [0.1, 0.15) is 5.82 Å². The van der Waals surface area contributed by atoms with Crippen LogP contribution >= 0.6 is 23.1 Å². The molecule has 2 aliphatic heterocycles. The molecular weight excluding hydrogens is 442 g/mol. The number of fused-ring (bicyclic) bond motifs is 2. The number of aliphatic imine (C=N–C) groups is 1. The third kappa shape index (κ3) is 4.89. The van der Waals surface area contributed by atoms with E-state index in [0.717, 1.165) is 52.8 Å². The molecule has 1 unspecified atom stereocenters. The Morgan fingerprint density at radius 2 is 2.12 bits per heavy atom. The van der Waals surface area contributed by atoms with E-state index in [9.17, 15) is 4.79 Å². The van der Waals surface area contributed by atoms with Gasteiger partial charge in [-0.15, -0.1) is 23.1 Å². The number of thioether (sulfide) groups is 1.